The molecule has 5 rings (SSSR count). The zero-order valence-electron chi connectivity index (χ0n) is 27.9. The normalized spacial score (nSPS) is 28.2. The lowest BCUT2D eigenvalue weighted by Gasteiger charge is -2.38. The molecule has 43 heavy (non-hydrogen) atoms. The van der Waals surface area contributed by atoms with Crippen LogP contribution < -0.4 is 0 Å². The molecule has 0 unspecified atom stereocenters. The summed E-state index contributed by atoms with van der Waals surface area (Å²) in [6.45, 7) is 4.60. The SMILES string of the molecule is CCCCCCCC1CCC(C2CCC(c3ccc(-c4ccc(C5CCC(CCCCC)CC5)cc4F)cc3)CC2)CC1. The summed E-state index contributed by atoms with van der Waals surface area (Å²) in [7, 11) is 0. The molecule has 0 radical (unpaired) electrons. The minimum Gasteiger partial charge on any atom is -0.206 e. The molecule has 0 aliphatic heterocycles. The molecule has 0 heterocycles. The molecule has 0 nitrogen and oxygen atoms in total. The Labute approximate surface area is 265 Å². The van der Waals surface area contributed by atoms with E-state index < -0.39 is 0 Å². The van der Waals surface area contributed by atoms with E-state index in [0.717, 1.165) is 34.8 Å². The number of unbranched alkanes of at least 4 members (excludes halogenated alkanes) is 6. The lowest BCUT2D eigenvalue weighted by molar-refractivity contribution is 0.155. The molecule has 3 fully saturated rings. The molecular formula is C42H63F. The van der Waals surface area contributed by atoms with Gasteiger partial charge in [0.2, 0.25) is 0 Å². The van der Waals surface area contributed by atoms with Gasteiger partial charge in [-0.15, -0.1) is 0 Å². The molecule has 3 saturated carbocycles. The van der Waals surface area contributed by atoms with Crippen molar-refractivity contribution in [1.29, 1.82) is 0 Å². The van der Waals surface area contributed by atoms with Crippen molar-refractivity contribution in [2.24, 2.45) is 23.7 Å². The van der Waals surface area contributed by atoms with Gasteiger partial charge in [0.05, 0.1) is 0 Å². The number of hydrogen-bond acceptors (Lipinski definition) is 0. The van der Waals surface area contributed by atoms with Crippen molar-refractivity contribution in [3.63, 3.8) is 0 Å². The van der Waals surface area contributed by atoms with Crippen molar-refractivity contribution in [3.8, 4) is 11.1 Å². The molecule has 0 saturated heterocycles. The van der Waals surface area contributed by atoms with Gasteiger partial charge in [-0.05, 0) is 122 Å². The average Bonchev–Trinajstić information content (AvgIpc) is 3.06. The molecule has 0 aromatic heterocycles. The predicted octanol–water partition coefficient (Wildman–Crippen LogP) is 13.8. The fourth-order valence-electron chi connectivity index (χ4n) is 9.33. The first-order chi connectivity index (χ1) is 21.1. The summed E-state index contributed by atoms with van der Waals surface area (Å²) in [5.41, 5.74) is 4.49. The Morgan fingerprint density at radius 1 is 0.512 bits per heavy atom. The number of benzene rings is 2. The Morgan fingerprint density at radius 2 is 0.977 bits per heavy atom. The Kier molecular flexibility index (Phi) is 13.1. The fraction of sp³-hybridized carbons (Fsp3) is 0.714. The molecule has 0 amide bonds. The Balaban J connectivity index is 1.05. The molecule has 0 N–H and O–H groups in total. The summed E-state index contributed by atoms with van der Waals surface area (Å²) < 4.78 is 15.4. The van der Waals surface area contributed by atoms with Gasteiger partial charge in [-0.3, -0.25) is 0 Å². The molecule has 3 aliphatic carbocycles. The summed E-state index contributed by atoms with van der Waals surface area (Å²) in [6.07, 6.45) is 30.7. The van der Waals surface area contributed by atoms with Crippen molar-refractivity contribution in [1.82, 2.24) is 0 Å². The van der Waals surface area contributed by atoms with Crippen LogP contribution in [0.4, 0.5) is 4.39 Å². The van der Waals surface area contributed by atoms with Gasteiger partial charge in [-0.25, -0.2) is 4.39 Å². The third kappa shape index (κ3) is 9.43. The van der Waals surface area contributed by atoms with Gasteiger partial charge in [0.15, 0.2) is 0 Å². The van der Waals surface area contributed by atoms with Crippen LogP contribution in [0.5, 0.6) is 0 Å². The van der Waals surface area contributed by atoms with Gasteiger partial charge in [-0.1, -0.05) is 127 Å². The van der Waals surface area contributed by atoms with Gasteiger partial charge in [0, 0.05) is 5.56 Å². The highest BCUT2D eigenvalue weighted by atomic mass is 19.1. The summed E-state index contributed by atoms with van der Waals surface area (Å²) in [5.74, 6) is 5.07. The van der Waals surface area contributed by atoms with Crippen molar-refractivity contribution >= 4 is 0 Å². The summed E-state index contributed by atoms with van der Waals surface area (Å²) in [6, 6.07) is 15.1. The van der Waals surface area contributed by atoms with E-state index in [2.05, 4.69) is 50.2 Å². The van der Waals surface area contributed by atoms with Crippen molar-refractivity contribution in [2.45, 2.75) is 167 Å². The van der Waals surface area contributed by atoms with Crippen LogP contribution in [0.25, 0.3) is 11.1 Å². The third-order valence-corrected chi connectivity index (χ3v) is 12.3. The maximum atomic E-state index is 15.4. The number of hydrogen-bond donors (Lipinski definition) is 0. The first kappa shape index (κ1) is 32.8. The zero-order chi connectivity index (χ0) is 29.9. The Bertz CT molecular complexity index is 1040. The van der Waals surface area contributed by atoms with Crippen LogP contribution >= 0.6 is 0 Å². The topological polar surface area (TPSA) is 0 Å². The second-order valence-electron chi connectivity index (χ2n) is 15.2. The molecule has 2 aromatic carbocycles. The third-order valence-electron chi connectivity index (χ3n) is 12.3. The van der Waals surface area contributed by atoms with Gasteiger partial charge in [-0.2, -0.15) is 0 Å². The maximum absolute atomic E-state index is 15.4. The molecule has 2 aromatic rings. The highest BCUT2D eigenvalue weighted by Crippen LogP contribution is 2.45. The largest absolute Gasteiger partial charge is 0.206 e. The molecule has 3 aliphatic rings. The Hall–Kier alpha value is -1.63. The van der Waals surface area contributed by atoms with Crippen LogP contribution in [0.2, 0.25) is 0 Å². The van der Waals surface area contributed by atoms with E-state index in [1.807, 2.05) is 6.07 Å². The first-order valence-corrected chi connectivity index (χ1v) is 19.0. The smallest absolute Gasteiger partial charge is 0.131 e. The van der Waals surface area contributed by atoms with E-state index in [4.69, 9.17) is 0 Å². The molecule has 1 heteroatoms. The van der Waals surface area contributed by atoms with E-state index in [1.54, 1.807) is 0 Å². The second kappa shape index (κ2) is 17.2. The predicted molar refractivity (Wildman–Crippen MR) is 184 cm³/mol. The van der Waals surface area contributed by atoms with Crippen molar-refractivity contribution in [3.05, 3.63) is 59.4 Å². The second-order valence-corrected chi connectivity index (χ2v) is 15.2. The zero-order valence-corrected chi connectivity index (χ0v) is 27.9. The average molecular weight is 587 g/mol. The highest BCUT2D eigenvalue weighted by Gasteiger charge is 2.31. The summed E-state index contributed by atoms with van der Waals surface area (Å²) in [4.78, 5) is 0. The van der Waals surface area contributed by atoms with Gasteiger partial charge >= 0.3 is 0 Å². The Morgan fingerprint density at radius 3 is 1.58 bits per heavy atom. The maximum Gasteiger partial charge on any atom is 0.131 e. The standard InChI is InChI=1S/C42H63F/c1-3-5-7-8-10-12-33-13-17-34(18-14-33)35-21-23-36(24-22-35)37-25-27-39(28-26-37)41-30-29-40(31-42(41)43)38-19-15-32(16-20-38)11-9-6-4-2/h25-36,38H,3-24H2,1-2H3. The minimum atomic E-state index is -0.0398. The summed E-state index contributed by atoms with van der Waals surface area (Å²) >= 11 is 0. The van der Waals surface area contributed by atoms with Gasteiger partial charge < -0.3 is 0 Å². The minimum absolute atomic E-state index is 0.0398. The van der Waals surface area contributed by atoms with Gasteiger partial charge in [0.25, 0.3) is 0 Å². The summed E-state index contributed by atoms with van der Waals surface area (Å²) in [5, 5.41) is 0. The van der Waals surface area contributed by atoms with Crippen LogP contribution in [0.1, 0.15) is 178 Å². The number of halogens is 1. The van der Waals surface area contributed by atoms with Crippen LogP contribution in [0, 0.1) is 29.5 Å². The van der Waals surface area contributed by atoms with E-state index in [0.29, 0.717) is 11.8 Å². The monoisotopic (exact) mass is 586 g/mol. The van der Waals surface area contributed by atoms with E-state index >= 15 is 4.39 Å². The molecule has 0 bridgehead atoms. The van der Waals surface area contributed by atoms with E-state index in [-0.39, 0.29) is 5.82 Å². The van der Waals surface area contributed by atoms with Crippen LogP contribution in [-0.4, -0.2) is 0 Å². The van der Waals surface area contributed by atoms with Crippen molar-refractivity contribution in [2.75, 3.05) is 0 Å². The molecule has 0 atom stereocenters. The lowest BCUT2D eigenvalue weighted by Crippen LogP contribution is -2.25. The van der Waals surface area contributed by atoms with Gasteiger partial charge in [0.1, 0.15) is 5.82 Å². The van der Waals surface area contributed by atoms with E-state index in [1.165, 1.54) is 152 Å². The molecule has 0 spiro atoms. The van der Waals surface area contributed by atoms with Crippen LogP contribution in [-0.2, 0) is 0 Å². The number of rotatable bonds is 14. The quantitative estimate of drug-likeness (QED) is 0.193. The molecule has 238 valence electrons. The lowest BCUT2D eigenvalue weighted by atomic mass is 9.68. The first-order valence-electron chi connectivity index (χ1n) is 19.0. The molecular weight excluding hydrogens is 523 g/mol. The highest BCUT2D eigenvalue weighted by molar-refractivity contribution is 5.65. The van der Waals surface area contributed by atoms with E-state index in [9.17, 15) is 0 Å². The fourth-order valence-corrected chi connectivity index (χ4v) is 9.33. The van der Waals surface area contributed by atoms with Crippen LogP contribution in [0.15, 0.2) is 42.5 Å². The van der Waals surface area contributed by atoms with Crippen LogP contribution in [0.3, 0.4) is 0 Å². The van der Waals surface area contributed by atoms with Crippen molar-refractivity contribution < 1.29 is 4.39 Å².